The van der Waals surface area contributed by atoms with Crippen LogP contribution in [-0.2, 0) is 37.6 Å². The Labute approximate surface area is 244 Å². The Morgan fingerprint density at radius 1 is 1.12 bits per heavy atom. The largest absolute Gasteiger partial charge is 0.457 e. The number of carbonyl (C=O) groups is 4. The van der Waals surface area contributed by atoms with E-state index in [0.29, 0.717) is 49.8 Å². The van der Waals surface area contributed by atoms with E-state index in [0.717, 1.165) is 21.6 Å². The second-order valence-electron chi connectivity index (χ2n) is 12.4. The number of hydrogen-bond donors (Lipinski definition) is 2. The monoisotopic (exact) mass is 576 g/mol. The average molecular weight is 577 g/mol. The van der Waals surface area contributed by atoms with Gasteiger partial charge in [0.1, 0.15) is 23.5 Å². The van der Waals surface area contributed by atoms with Crippen molar-refractivity contribution in [3.63, 3.8) is 0 Å². The van der Waals surface area contributed by atoms with Crippen molar-refractivity contribution in [2.45, 2.75) is 83.0 Å². The number of hydrogen-bond acceptors (Lipinski definition) is 6. The number of aryl methyl sites for hydroxylation is 1. The molecule has 42 heavy (non-hydrogen) atoms. The molecule has 9 nitrogen and oxygen atoms in total. The van der Waals surface area contributed by atoms with Crippen LogP contribution in [0.15, 0.2) is 54.1 Å². The number of nitrogens with one attached hydrogen (secondary N) is 1. The number of nitrogens with two attached hydrogens (primary N) is 1. The molecule has 222 valence electrons. The van der Waals surface area contributed by atoms with Gasteiger partial charge in [0.25, 0.3) is 5.91 Å². The number of allylic oxidation sites excluding steroid dienone is 1. The van der Waals surface area contributed by atoms with Crippen LogP contribution in [-0.4, -0.2) is 51.8 Å². The van der Waals surface area contributed by atoms with Crippen molar-refractivity contribution in [1.29, 1.82) is 0 Å². The van der Waals surface area contributed by atoms with Gasteiger partial charge in [-0.05, 0) is 100 Å². The molecule has 0 bridgehead atoms. The molecule has 2 fully saturated rings. The number of nitrogen functional groups attached to an aromatic ring is 1. The first-order valence-electron chi connectivity index (χ1n) is 14.3. The molecule has 2 aromatic rings. The van der Waals surface area contributed by atoms with E-state index < -0.39 is 29.6 Å². The Hall–Kier alpha value is -4.21. The predicted octanol–water partition coefficient (Wildman–Crippen LogP) is 4.34. The van der Waals surface area contributed by atoms with E-state index in [-0.39, 0.29) is 30.3 Å². The lowest BCUT2D eigenvalue weighted by Gasteiger charge is -2.36. The number of imide groups is 1. The maximum absolute atomic E-state index is 13.8. The third-order valence-corrected chi connectivity index (χ3v) is 8.18. The Balaban J connectivity index is 1.33. The summed E-state index contributed by atoms with van der Waals surface area (Å²) >= 11 is 0. The Kier molecular flexibility index (Phi) is 7.83. The second-order valence-corrected chi connectivity index (χ2v) is 12.4. The van der Waals surface area contributed by atoms with Crippen LogP contribution in [0.2, 0.25) is 0 Å². The van der Waals surface area contributed by atoms with E-state index in [1.807, 2.05) is 26.8 Å². The second kappa shape index (κ2) is 11.2. The third-order valence-electron chi connectivity index (χ3n) is 8.18. The minimum Gasteiger partial charge on any atom is -0.457 e. The van der Waals surface area contributed by atoms with Crippen LogP contribution in [0.25, 0.3) is 0 Å². The first-order chi connectivity index (χ1) is 19.8. The highest BCUT2D eigenvalue weighted by molar-refractivity contribution is 6.10. The van der Waals surface area contributed by atoms with Gasteiger partial charge in [0.05, 0.1) is 0 Å². The number of fused-ring (bicyclic) bond motifs is 2. The van der Waals surface area contributed by atoms with Crippen molar-refractivity contribution in [2.75, 3.05) is 12.3 Å². The number of urea groups is 1. The van der Waals surface area contributed by atoms with Crippen LogP contribution in [0.1, 0.15) is 69.6 Å². The van der Waals surface area contributed by atoms with Crippen LogP contribution in [0.4, 0.5) is 14.9 Å². The zero-order valence-corrected chi connectivity index (χ0v) is 24.2. The number of ether oxygens (including phenoxy) is 1. The molecule has 1 spiro atoms. The lowest BCUT2D eigenvalue weighted by Crippen LogP contribution is -2.48. The number of amides is 4. The van der Waals surface area contributed by atoms with Crippen molar-refractivity contribution in [1.82, 2.24) is 15.1 Å². The minimum absolute atomic E-state index is 0.191. The van der Waals surface area contributed by atoms with E-state index in [2.05, 4.69) is 5.32 Å². The molecule has 10 heteroatoms. The molecule has 3 aliphatic rings. The maximum Gasteiger partial charge on any atom is 0.331 e. The summed E-state index contributed by atoms with van der Waals surface area (Å²) in [5.74, 6) is -1.59. The van der Waals surface area contributed by atoms with Crippen molar-refractivity contribution >= 4 is 29.5 Å². The van der Waals surface area contributed by atoms with E-state index in [4.69, 9.17) is 10.5 Å². The summed E-state index contributed by atoms with van der Waals surface area (Å²) in [6.07, 6.45) is 4.92. The molecule has 2 aliphatic carbocycles. The third kappa shape index (κ3) is 6.03. The van der Waals surface area contributed by atoms with Gasteiger partial charge in [-0.3, -0.25) is 14.5 Å². The fraction of sp³-hybridized carbons (Fsp3) is 0.438. The van der Waals surface area contributed by atoms with Gasteiger partial charge in [0.2, 0.25) is 5.91 Å². The van der Waals surface area contributed by atoms with Crippen LogP contribution >= 0.6 is 0 Å². The van der Waals surface area contributed by atoms with Crippen molar-refractivity contribution in [3.8, 4) is 0 Å². The Bertz CT molecular complexity index is 1440. The van der Waals surface area contributed by atoms with Gasteiger partial charge in [0.15, 0.2) is 0 Å². The standard InChI is InChI=1S/C32H37FN4O5/c1-31(2,3)42-28(39)16-20-6-11-25(12-7-20)36(18-21-4-8-23(33)9-5-21)27(38)19-37-29(40)32(35-30(37)41)15-14-22-17-24(34)10-13-26(22)32/h4-5,8-10,13,16-17,25H,6-7,11-12,14-15,18-19,34H2,1-3H3,(H,35,41)/t25?,32-/m0/s1. The van der Waals surface area contributed by atoms with Crippen LogP contribution in [0, 0.1) is 5.82 Å². The van der Waals surface area contributed by atoms with Crippen LogP contribution in [0.3, 0.4) is 0 Å². The SMILES string of the molecule is CC(C)(C)OC(=O)C=C1CCC(N(Cc2ccc(F)cc2)C(=O)CN2C(=O)N[C@]3(CCc4cc(N)ccc43)C2=O)CC1. The van der Waals surface area contributed by atoms with E-state index >= 15 is 0 Å². The first-order valence-corrected chi connectivity index (χ1v) is 14.3. The van der Waals surface area contributed by atoms with E-state index in [1.54, 1.807) is 29.2 Å². The highest BCUT2D eigenvalue weighted by atomic mass is 19.1. The van der Waals surface area contributed by atoms with Gasteiger partial charge >= 0.3 is 12.0 Å². The molecule has 1 aliphatic heterocycles. The highest BCUT2D eigenvalue weighted by Gasteiger charge is 2.55. The van der Waals surface area contributed by atoms with Gasteiger partial charge < -0.3 is 20.7 Å². The van der Waals surface area contributed by atoms with Crippen molar-refractivity contribution in [3.05, 3.63) is 76.6 Å². The van der Waals surface area contributed by atoms with Gasteiger partial charge in [-0.15, -0.1) is 0 Å². The summed E-state index contributed by atoms with van der Waals surface area (Å²) in [5.41, 5.74) is 8.03. The number of anilines is 1. The Morgan fingerprint density at radius 2 is 1.81 bits per heavy atom. The van der Waals surface area contributed by atoms with Gasteiger partial charge in [-0.2, -0.15) is 0 Å². The summed E-state index contributed by atoms with van der Waals surface area (Å²) in [4.78, 5) is 55.6. The first kappa shape index (κ1) is 29.3. The predicted molar refractivity (Wildman–Crippen MR) is 154 cm³/mol. The Morgan fingerprint density at radius 3 is 2.48 bits per heavy atom. The van der Waals surface area contributed by atoms with Crippen molar-refractivity contribution < 1.29 is 28.3 Å². The maximum atomic E-state index is 13.8. The molecule has 1 saturated heterocycles. The molecule has 0 aromatic heterocycles. The summed E-state index contributed by atoms with van der Waals surface area (Å²) in [6, 6.07) is 10.4. The number of esters is 1. The highest BCUT2D eigenvalue weighted by Crippen LogP contribution is 2.42. The fourth-order valence-electron chi connectivity index (χ4n) is 6.18. The van der Waals surface area contributed by atoms with Gasteiger partial charge in [-0.1, -0.05) is 23.8 Å². The molecule has 4 amide bonds. The molecule has 3 N–H and O–H groups in total. The normalized spacial score (nSPS) is 21.8. The summed E-state index contributed by atoms with van der Waals surface area (Å²) in [7, 11) is 0. The molecule has 2 aromatic carbocycles. The smallest absolute Gasteiger partial charge is 0.331 e. The zero-order chi connectivity index (χ0) is 30.2. The molecule has 0 unspecified atom stereocenters. The lowest BCUT2D eigenvalue weighted by molar-refractivity contribution is -0.148. The molecule has 1 atom stereocenters. The van der Waals surface area contributed by atoms with Gasteiger partial charge in [-0.25, -0.2) is 14.0 Å². The number of halogens is 1. The lowest BCUT2D eigenvalue weighted by atomic mass is 9.89. The van der Waals surface area contributed by atoms with Crippen LogP contribution in [0.5, 0.6) is 0 Å². The molecular formula is C32H37FN4O5. The van der Waals surface area contributed by atoms with Gasteiger partial charge in [0, 0.05) is 24.4 Å². The quantitative estimate of drug-likeness (QED) is 0.228. The summed E-state index contributed by atoms with van der Waals surface area (Å²) in [5, 5.41) is 2.86. The van der Waals surface area contributed by atoms with E-state index in [1.165, 1.54) is 18.2 Å². The molecule has 1 saturated carbocycles. The molecule has 0 radical (unpaired) electrons. The van der Waals surface area contributed by atoms with Crippen LogP contribution < -0.4 is 11.1 Å². The fourth-order valence-corrected chi connectivity index (χ4v) is 6.18. The number of carbonyl (C=O) groups excluding carboxylic acids is 4. The topological polar surface area (TPSA) is 122 Å². The minimum atomic E-state index is -1.20. The van der Waals surface area contributed by atoms with Crippen molar-refractivity contribution in [2.24, 2.45) is 0 Å². The number of rotatable bonds is 6. The molecule has 1 heterocycles. The van der Waals surface area contributed by atoms with E-state index in [9.17, 15) is 23.6 Å². The summed E-state index contributed by atoms with van der Waals surface area (Å²) in [6.45, 7) is 5.23. The number of benzene rings is 2. The number of nitrogens with zero attached hydrogens (tertiary/aromatic N) is 2. The summed E-state index contributed by atoms with van der Waals surface area (Å²) < 4.78 is 19.0. The molecular weight excluding hydrogens is 539 g/mol. The zero-order valence-electron chi connectivity index (χ0n) is 24.2. The average Bonchev–Trinajstić information content (AvgIpc) is 3.39. The molecule has 5 rings (SSSR count).